The number of para-hydroxylation sites is 1. The fourth-order valence-electron chi connectivity index (χ4n) is 2.41. The van der Waals surface area contributed by atoms with Gasteiger partial charge in [0.15, 0.2) is 0 Å². The lowest BCUT2D eigenvalue weighted by molar-refractivity contribution is -0.0522. The van der Waals surface area contributed by atoms with Gasteiger partial charge in [-0.25, -0.2) is 5.84 Å². The molecule has 2 rings (SSSR count). The summed E-state index contributed by atoms with van der Waals surface area (Å²) in [6.07, 6.45) is 0.247. The van der Waals surface area contributed by atoms with Crippen LogP contribution in [0.15, 0.2) is 24.3 Å². The molecule has 0 aliphatic carbocycles. The van der Waals surface area contributed by atoms with Crippen LogP contribution in [0.25, 0.3) is 0 Å². The van der Waals surface area contributed by atoms with Crippen LogP contribution in [0.5, 0.6) is 5.75 Å². The zero-order chi connectivity index (χ0) is 15.2. The lowest BCUT2D eigenvalue weighted by atomic mass is 10.2. The number of carbonyl (C=O) groups excluding carboxylic acids is 1. The van der Waals surface area contributed by atoms with Crippen LogP contribution in [0.3, 0.4) is 0 Å². The van der Waals surface area contributed by atoms with Gasteiger partial charge in [0.05, 0.1) is 18.3 Å². The van der Waals surface area contributed by atoms with E-state index in [0.717, 1.165) is 19.7 Å². The first-order chi connectivity index (χ1) is 10.1. The van der Waals surface area contributed by atoms with Gasteiger partial charge in [0.25, 0.3) is 5.91 Å². The maximum atomic E-state index is 11.7. The zero-order valence-electron chi connectivity index (χ0n) is 12.5. The van der Waals surface area contributed by atoms with E-state index in [0.29, 0.717) is 24.0 Å². The Hall–Kier alpha value is -1.63. The smallest absolute Gasteiger partial charge is 0.268 e. The number of nitrogen functional groups attached to an aromatic ring is 1. The summed E-state index contributed by atoms with van der Waals surface area (Å²) in [5, 5.41) is 0. The molecular weight excluding hydrogens is 270 g/mol. The number of carbonyl (C=O) groups is 1. The summed E-state index contributed by atoms with van der Waals surface area (Å²) in [6, 6.07) is 7.46. The van der Waals surface area contributed by atoms with E-state index >= 15 is 0 Å². The third-order valence-electron chi connectivity index (χ3n) is 3.64. The lowest BCUT2D eigenvalue weighted by Crippen LogP contribution is -2.48. The number of ether oxygens (including phenoxy) is 2. The van der Waals surface area contributed by atoms with E-state index in [9.17, 15) is 4.79 Å². The average molecular weight is 293 g/mol. The van der Waals surface area contributed by atoms with Gasteiger partial charge in [-0.2, -0.15) is 0 Å². The molecule has 21 heavy (non-hydrogen) atoms. The minimum atomic E-state index is -0.348. The molecule has 0 saturated carbocycles. The van der Waals surface area contributed by atoms with Crippen LogP contribution in [-0.4, -0.2) is 49.3 Å². The predicted octanol–water partition coefficient (Wildman–Crippen LogP) is 0.778. The van der Waals surface area contributed by atoms with Gasteiger partial charge in [0.2, 0.25) is 0 Å². The van der Waals surface area contributed by atoms with E-state index in [1.807, 2.05) is 6.07 Å². The number of benzene rings is 1. The molecule has 6 heteroatoms. The molecule has 0 bridgehead atoms. The van der Waals surface area contributed by atoms with Crippen molar-refractivity contribution in [1.82, 2.24) is 10.3 Å². The molecule has 1 saturated heterocycles. The van der Waals surface area contributed by atoms with Crippen molar-refractivity contribution in [2.45, 2.75) is 26.0 Å². The van der Waals surface area contributed by atoms with Gasteiger partial charge in [-0.3, -0.25) is 15.1 Å². The molecule has 0 radical (unpaired) electrons. The van der Waals surface area contributed by atoms with Crippen LogP contribution in [0, 0.1) is 0 Å². The Balaban J connectivity index is 1.90. The molecule has 1 aliphatic rings. The molecule has 1 aromatic rings. The van der Waals surface area contributed by atoms with Crippen LogP contribution in [0.1, 0.15) is 24.2 Å². The normalized spacial score (nSPS) is 22.8. The molecule has 3 N–H and O–H groups in total. The summed E-state index contributed by atoms with van der Waals surface area (Å²) >= 11 is 0. The summed E-state index contributed by atoms with van der Waals surface area (Å²) in [5.74, 6) is 5.38. The maximum absolute atomic E-state index is 11.7. The van der Waals surface area contributed by atoms with Crippen LogP contribution in [0.4, 0.5) is 0 Å². The molecule has 116 valence electrons. The lowest BCUT2D eigenvalue weighted by Gasteiger charge is -2.36. The van der Waals surface area contributed by atoms with Gasteiger partial charge >= 0.3 is 0 Å². The van der Waals surface area contributed by atoms with Gasteiger partial charge in [-0.15, -0.1) is 0 Å². The van der Waals surface area contributed by atoms with Gasteiger partial charge in [-0.1, -0.05) is 12.1 Å². The first-order valence-corrected chi connectivity index (χ1v) is 7.20. The first kappa shape index (κ1) is 15.8. The summed E-state index contributed by atoms with van der Waals surface area (Å²) in [6.45, 7) is 7.17. The third kappa shape index (κ3) is 4.17. The monoisotopic (exact) mass is 293 g/mol. The standard InChI is InChI=1S/C15H23N3O3/c1-11-10-21-12(2)9-18(11)7-8-20-14-6-4-3-5-13(14)15(19)17-16/h3-6,11-12H,7-10,16H2,1-2H3,(H,17,19). The molecule has 6 nitrogen and oxygen atoms in total. The van der Waals surface area contributed by atoms with Gasteiger partial charge in [0, 0.05) is 19.1 Å². The zero-order valence-corrected chi connectivity index (χ0v) is 12.5. The largest absolute Gasteiger partial charge is 0.491 e. The number of nitrogens with one attached hydrogen (secondary N) is 1. The molecule has 2 atom stereocenters. The van der Waals surface area contributed by atoms with Crippen molar-refractivity contribution in [2.24, 2.45) is 5.84 Å². The van der Waals surface area contributed by atoms with Crippen LogP contribution >= 0.6 is 0 Å². The summed E-state index contributed by atoms with van der Waals surface area (Å²) in [4.78, 5) is 14.0. The highest BCUT2D eigenvalue weighted by molar-refractivity contribution is 5.96. The van der Waals surface area contributed by atoms with Gasteiger partial charge in [-0.05, 0) is 26.0 Å². The number of nitrogens with two attached hydrogens (primary N) is 1. The molecular formula is C15H23N3O3. The van der Waals surface area contributed by atoms with Crippen molar-refractivity contribution in [2.75, 3.05) is 26.3 Å². The van der Waals surface area contributed by atoms with E-state index in [1.54, 1.807) is 18.2 Å². The number of hydrogen-bond donors (Lipinski definition) is 2. The van der Waals surface area contributed by atoms with Gasteiger partial charge in [0.1, 0.15) is 12.4 Å². The topological polar surface area (TPSA) is 76.8 Å². The quantitative estimate of drug-likeness (QED) is 0.476. The second-order valence-corrected chi connectivity index (χ2v) is 5.31. The first-order valence-electron chi connectivity index (χ1n) is 7.20. The fraction of sp³-hybridized carbons (Fsp3) is 0.533. The SMILES string of the molecule is CC1CN(CCOc2ccccc2C(=O)NN)C(C)CO1. The Morgan fingerprint density at radius 2 is 2.24 bits per heavy atom. The van der Waals surface area contributed by atoms with E-state index in [1.165, 1.54) is 0 Å². The van der Waals surface area contributed by atoms with Gasteiger partial charge < -0.3 is 9.47 Å². The molecule has 1 amide bonds. The molecule has 0 aromatic heterocycles. The second kappa shape index (κ2) is 7.40. The number of nitrogens with zero attached hydrogens (tertiary/aromatic N) is 1. The van der Waals surface area contributed by atoms with Crippen LogP contribution in [-0.2, 0) is 4.74 Å². The summed E-state index contributed by atoms with van der Waals surface area (Å²) in [7, 11) is 0. The highest BCUT2D eigenvalue weighted by Crippen LogP contribution is 2.18. The highest BCUT2D eigenvalue weighted by atomic mass is 16.5. The molecule has 2 unspecified atom stereocenters. The van der Waals surface area contributed by atoms with E-state index < -0.39 is 0 Å². The molecule has 1 heterocycles. The molecule has 1 aliphatic heterocycles. The van der Waals surface area contributed by atoms with E-state index in [4.69, 9.17) is 15.3 Å². The predicted molar refractivity (Wildman–Crippen MR) is 80.0 cm³/mol. The maximum Gasteiger partial charge on any atom is 0.268 e. The number of amides is 1. The molecule has 0 spiro atoms. The Kier molecular flexibility index (Phi) is 5.55. The number of hydrazine groups is 1. The van der Waals surface area contributed by atoms with Crippen molar-refractivity contribution in [3.63, 3.8) is 0 Å². The number of hydrogen-bond acceptors (Lipinski definition) is 5. The fourth-order valence-corrected chi connectivity index (χ4v) is 2.41. The number of rotatable bonds is 5. The average Bonchev–Trinajstić information content (AvgIpc) is 2.50. The Labute approximate surface area is 125 Å². The Morgan fingerprint density at radius 1 is 1.48 bits per heavy atom. The van der Waals surface area contributed by atoms with Crippen LogP contribution < -0.4 is 16.0 Å². The molecule has 1 aromatic carbocycles. The Morgan fingerprint density at radius 3 is 3.00 bits per heavy atom. The number of morpholine rings is 1. The van der Waals surface area contributed by atoms with Crippen molar-refractivity contribution >= 4 is 5.91 Å². The van der Waals surface area contributed by atoms with Crippen molar-refractivity contribution in [3.8, 4) is 5.75 Å². The third-order valence-corrected chi connectivity index (χ3v) is 3.64. The minimum Gasteiger partial charge on any atom is -0.491 e. The summed E-state index contributed by atoms with van der Waals surface area (Å²) < 4.78 is 11.3. The van der Waals surface area contributed by atoms with Crippen molar-refractivity contribution in [3.05, 3.63) is 29.8 Å². The van der Waals surface area contributed by atoms with E-state index in [-0.39, 0.29) is 12.0 Å². The van der Waals surface area contributed by atoms with Crippen LogP contribution in [0.2, 0.25) is 0 Å². The van der Waals surface area contributed by atoms with E-state index in [2.05, 4.69) is 24.2 Å². The highest BCUT2D eigenvalue weighted by Gasteiger charge is 2.23. The van der Waals surface area contributed by atoms with Crippen molar-refractivity contribution in [1.29, 1.82) is 0 Å². The second-order valence-electron chi connectivity index (χ2n) is 5.31. The molecule has 1 fully saturated rings. The van der Waals surface area contributed by atoms with Crippen molar-refractivity contribution < 1.29 is 14.3 Å². The minimum absolute atomic E-state index is 0.247. The summed E-state index contributed by atoms with van der Waals surface area (Å²) in [5.41, 5.74) is 2.58. The Bertz CT molecular complexity index is 481.